The van der Waals surface area contributed by atoms with Gasteiger partial charge in [-0.15, -0.1) is 24.8 Å². The summed E-state index contributed by atoms with van der Waals surface area (Å²) in [6, 6.07) is 7.73. The van der Waals surface area contributed by atoms with Crippen LogP contribution < -0.4 is 5.32 Å². The first-order chi connectivity index (χ1) is 17.0. The van der Waals surface area contributed by atoms with Crippen molar-refractivity contribution < 1.29 is 19.4 Å². The number of hydrogen-bond donors (Lipinski definition) is 2. The van der Waals surface area contributed by atoms with Gasteiger partial charge in [-0.2, -0.15) is 0 Å². The molecule has 9 nitrogen and oxygen atoms in total. The summed E-state index contributed by atoms with van der Waals surface area (Å²) in [5, 5.41) is 12.7. The number of fused-ring (bicyclic) bond motifs is 1. The normalized spacial score (nSPS) is 19.8. The highest BCUT2D eigenvalue weighted by molar-refractivity contribution is 5.95. The molecule has 0 saturated carbocycles. The topological polar surface area (TPSA) is 99.9 Å². The van der Waals surface area contributed by atoms with Gasteiger partial charge in [-0.1, -0.05) is 26.0 Å². The molecule has 11 heteroatoms. The molecule has 0 aliphatic carbocycles. The maximum absolute atomic E-state index is 14.0. The first kappa shape index (κ1) is 31.3. The third kappa shape index (κ3) is 7.57. The molecule has 1 aromatic carbocycles. The smallest absolute Gasteiger partial charge is 0.290 e. The van der Waals surface area contributed by atoms with Gasteiger partial charge in [-0.25, -0.2) is 4.98 Å². The summed E-state index contributed by atoms with van der Waals surface area (Å²) in [6.07, 6.45) is 2.09. The average molecular weight is 559 g/mol. The van der Waals surface area contributed by atoms with Gasteiger partial charge in [0.25, 0.3) is 5.91 Å². The van der Waals surface area contributed by atoms with Crippen molar-refractivity contribution in [2.75, 3.05) is 52.5 Å². The largest absolute Gasteiger partial charge is 0.396 e. The Balaban J connectivity index is 0.00000241. The number of amides is 2. The van der Waals surface area contributed by atoms with E-state index in [4.69, 9.17) is 9.72 Å². The van der Waals surface area contributed by atoms with Crippen LogP contribution in [0.15, 0.2) is 24.3 Å². The molecule has 0 spiro atoms. The fourth-order valence-electron chi connectivity index (χ4n) is 5.15. The van der Waals surface area contributed by atoms with Crippen molar-refractivity contribution in [3.8, 4) is 0 Å². The van der Waals surface area contributed by atoms with Crippen LogP contribution in [0.1, 0.15) is 43.7 Å². The molecule has 0 unspecified atom stereocenters. The van der Waals surface area contributed by atoms with Gasteiger partial charge in [0, 0.05) is 51.9 Å². The number of rotatable bonds is 9. The minimum Gasteiger partial charge on any atom is -0.396 e. The molecule has 2 atom stereocenters. The van der Waals surface area contributed by atoms with Gasteiger partial charge in [0.2, 0.25) is 5.91 Å². The highest BCUT2D eigenvalue weighted by Gasteiger charge is 2.36. The monoisotopic (exact) mass is 557 g/mol. The standard InChI is InChI=1S/C26H39N5O4.2ClH/c1-19(2)18-31(21-15-20(16-27-17-21)25(33)29-10-13-35-14-11-29)26(34)24-28-22-7-3-4-8-23(22)30(24)9-5-6-12-32;;/h3-4,7-8,19-21,27,32H,5-6,9-18H2,1-2H3;2*1H/t20-,21+;;/m1../s1. The number of imidazole rings is 1. The number of ether oxygens (including phenoxy) is 1. The maximum Gasteiger partial charge on any atom is 0.290 e. The van der Waals surface area contributed by atoms with E-state index in [1.54, 1.807) is 0 Å². The van der Waals surface area contributed by atoms with E-state index >= 15 is 0 Å². The van der Waals surface area contributed by atoms with Gasteiger partial charge in [-0.3, -0.25) is 9.59 Å². The Hall–Kier alpha value is -1.91. The summed E-state index contributed by atoms with van der Waals surface area (Å²) in [7, 11) is 0. The fraction of sp³-hybridized carbons (Fsp3) is 0.654. The van der Waals surface area contributed by atoms with Gasteiger partial charge in [0.1, 0.15) is 0 Å². The van der Waals surface area contributed by atoms with Crippen LogP contribution in [0.5, 0.6) is 0 Å². The number of benzene rings is 1. The van der Waals surface area contributed by atoms with Crippen molar-refractivity contribution in [2.24, 2.45) is 11.8 Å². The van der Waals surface area contributed by atoms with Crippen LogP contribution in [-0.4, -0.2) is 94.9 Å². The number of aliphatic hydroxyl groups excluding tert-OH is 1. The lowest BCUT2D eigenvalue weighted by Crippen LogP contribution is -2.56. The molecule has 2 saturated heterocycles. The summed E-state index contributed by atoms with van der Waals surface area (Å²) >= 11 is 0. The number of carbonyl (C=O) groups is 2. The molecular formula is C26H41Cl2N5O4. The van der Waals surface area contributed by atoms with E-state index < -0.39 is 0 Å². The Bertz CT molecular complexity index is 1010. The Morgan fingerprint density at radius 3 is 2.59 bits per heavy atom. The number of aromatic nitrogens is 2. The van der Waals surface area contributed by atoms with E-state index in [-0.39, 0.29) is 61.1 Å². The van der Waals surface area contributed by atoms with Crippen molar-refractivity contribution >= 4 is 47.7 Å². The summed E-state index contributed by atoms with van der Waals surface area (Å²) in [5.41, 5.74) is 1.73. The molecule has 37 heavy (non-hydrogen) atoms. The highest BCUT2D eigenvalue weighted by Crippen LogP contribution is 2.24. The van der Waals surface area contributed by atoms with Crippen LogP contribution in [0.2, 0.25) is 0 Å². The lowest BCUT2D eigenvalue weighted by atomic mass is 9.92. The number of aryl methyl sites for hydroxylation is 1. The number of nitrogens with zero attached hydrogens (tertiary/aromatic N) is 4. The van der Waals surface area contributed by atoms with Crippen molar-refractivity contribution in [2.45, 2.75) is 45.7 Å². The molecule has 2 fully saturated rings. The van der Waals surface area contributed by atoms with Crippen LogP contribution in [0.25, 0.3) is 11.0 Å². The number of para-hydroxylation sites is 2. The highest BCUT2D eigenvalue weighted by atomic mass is 35.5. The van der Waals surface area contributed by atoms with Crippen molar-refractivity contribution in [3.05, 3.63) is 30.1 Å². The zero-order valence-electron chi connectivity index (χ0n) is 21.8. The number of nitrogens with one attached hydrogen (secondary N) is 1. The van der Waals surface area contributed by atoms with E-state index in [1.807, 2.05) is 38.6 Å². The molecule has 4 rings (SSSR count). The predicted molar refractivity (Wildman–Crippen MR) is 149 cm³/mol. The second-order valence-corrected chi connectivity index (χ2v) is 10.0. The number of morpholine rings is 1. The lowest BCUT2D eigenvalue weighted by Gasteiger charge is -2.40. The van der Waals surface area contributed by atoms with Crippen LogP contribution in [-0.2, 0) is 16.1 Å². The third-order valence-electron chi connectivity index (χ3n) is 6.90. The lowest BCUT2D eigenvalue weighted by molar-refractivity contribution is -0.140. The number of hydrogen-bond acceptors (Lipinski definition) is 6. The van der Waals surface area contributed by atoms with Crippen molar-refractivity contribution in [3.63, 3.8) is 0 Å². The summed E-state index contributed by atoms with van der Waals surface area (Å²) in [5.74, 6) is 0.620. The minimum atomic E-state index is -0.155. The Morgan fingerprint density at radius 2 is 1.89 bits per heavy atom. The molecule has 2 aromatic rings. The van der Waals surface area contributed by atoms with Gasteiger partial charge >= 0.3 is 0 Å². The van der Waals surface area contributed by atoms with E-state index in [1.165, 1.54) is 0 Å². The van der Waals surface area contributed by atoms with Crippen molar-refractivity contribution in [1.82, 2.24) is 24.7 Å². The number of piperidine rings is 1. The second kappa shape index (κ2) is 14.9. The van der Waals surface area contributed by atoms with Crippen LogP contribution in [0.3, 0.4) is 0 Å². The minimum absolute atomic E-state index is 0. The van der Waals surface area contributed by atoms with E-state index in [2.05, 4.69) is 19.2 Å². The first-order valence-corrected chi connectivity index (χ1v) is 12.9. The molecular weight excluding hydrogens is 517 g/mol. The van der Waals surface area contributed by atoms with Crippen LogP contribution >= 0.6 is 24.8 Å². The van der Waals surface area contributed by atoms with Gasteiger partial charge in [0.15, 0.2) is 5.82 Å². The molecule has 2 N–H and O–H groups in total. The van der Waals surface area contributed by atoms with Crippen LogP contribution in [0, 0.1) is 11.8 Å². The number of halogens is 2. The maximum atomic E-state index is 14.0. The summed E-state index contributed by atoms with van der Waals surface area (Å²) in [6.45, 7) is 9.29. The molecule has 0 bridgehead atoms. The third-order valence-corrected chi connectivity index (χ3v) is 6.90. The molecule has 1 aromatic heterocycles. The zero-order chi connectivity index (χ0) is 24.8. The van der Waals surface area contributed by atoms with E-state index in [0.717, 1.165) is 17.5 Å². The number of unbranched alkanes of at least 4 members (excludes halogenated alkanes) is 1. The Kier molecular flexibility index (Phi) is 12.6. The van der Waals surface area contributed by atoms with Crippen molar-refractivity contribution in [1.29, 1.82) is 0 Å². The van der Waals surface area contributed by atoms with E-state index in [0.29, 0.717) is 71.1 Å². The van der Waals surface area contributed by atoms with Gasteiger partial charge in [0.05, 0.1) is 30.2 Å². The Morgan fingerprint density at radius 1 is 1.16 bits per heavy atom. The summed E-state index contributed by atoms with van der Waals surface area (Å²) in [4.78, 5) is 35.8. The molecule has 208 valence electrons. The summed E-state index contributed by atoms with van der Waals surface area (Å²) < 4.78 is 7.40. The molecule has 3 heterocycles. The average Bonchev–Trinajstić information content (AvgIpc) is 3.25. The SMILES string of the molecule is CC(C)CN(C(=O)c1nc2ccccc2n1CCCCO)[C@@H]1CNC[C@H](C(=O)N2CCOCC2)C1.Cl.Cl. The number of aliphatic hydroxyl groups is 1. The van der Waals surface area contributed by atoms with Gasteiger partial charge < -0.3 is 29.5 Å². The second-order valence-electron chi connectivity index (χ2n) is 10.0. The van der Waals surface area contributed by atoms with Crippen LogP contribution in [0.4, 0.5) is 0 Å². The molecule has 0 radical (unpaired) electrons. The van der Waals surface area contributed by atoms with Gasteiger partial charge in [-0.05, 0) is 37.3 Å². The Labute approximate surface area is 231 Å². The predicted octanol–water partition coefficient (Wildman–Crippen LogP) is 2.59. The fourth-order valence-corrected chi connectivity index (χ4v) is 5.15. The quantitative estimate of drug-likeness (QED) is 0.459. The number of carbonyl (C=O) groups excluding carboxylic acids is 2. The van der Waals surface area contributed by atoms with E-state index in [9.17, 15) is 14.7 Å². The zero-order valence-corrected chi connectivity index (χ0v) is 23.4. The molecule has 2 aliphatic heterocycles. The molecule has 2 aliphatic rings. The molecule has 2 amide bonds. The first-order valence-electron chi connectivity index (χ1n) is 12.9.